The highest BCUT2D eigenvalue weighted by atomic mass is 35.5. The Bertz CT molecular complexity index is 536. The van der Waals surface area contributed by atoms with Crippen molar-refractivity contribution in [3.63, 3.8) is 0 Å². The Kier molecular flexibility index (Phi) is 2.83. The maximum atomic E-state index is 10.7. The van der Waals surface area contributed by atoms with Gasteiger partial charge in [-0.2, -0.15) is 0 Å². The number of carbonyl (C=O) groups is 1. The molecule has 0 aliphatic rings. The fourth-order valence-corrected chi connectivity index (χ4v) is 2.15. The first-order valence-electron chi connectivity index (χ1n) is 4.94. The maximum absolute atomic E-state index is 10.7. The van der Waals surface area contributed by atoms with Crippen molar-refractivity contribution in [1.29, 1.82) is 0 Å². The van der Waals surface area contributed by atoms with Crippen LogP contribution in [0.1, 0.15) is 25.0 Å². The summed E-state index contributed by atoms with van der Waals surface area (Å²) < 4.78 is 1.83. The summed E-state index contributed by atoms with van der Waals surface area (Å²) in [4.78, 5) is 14.9. The summed E-state index contributed by atoms with van der Waals surface area (Å²) in [6, 6.07) is 5.56. The van der Waals surface area contributed by atoms with E-state index < -0.39 is 5.97 Å². The van der Waals surface area contributed by atoms with Gasteiger partial charge >= 0.3 is 5.97 Å². The number of carboxylic acids is 1. The van der Waals surface area contributed by atoms with E-state index in [1.54, 1.807) is 0 Å². The van der Waals surface area contributed by atoms with Crippen LogP contribution in [0.2, 0.25) is 5.15 Å². The van der Waals surface area contributed by atoms with Crippen LogP contribution in [0.25, 0.3) is 5.65 Å². The summed E-state index contributed by atoms with van der Waals surface area (Å²) in [5, 5.41) is 9.15. The van der Waals surface area contributed by atoms with E-state index >= 15 is 0 Å². The number of carboxylic acid groups (broad SMARTS) is 1. The van der Waals surface area contributed by atoms with Crippen LogP contribution in [-0.2, 0) is 4.79 Å². The van der Waals surface area contributed by atoms with Crippen molar-refractivity contribution in [3.8, 4) is 0 Å². The van der Waals surface area contributed by atoms with Gasteiger partial charge in [0, 0.05) is 12.1 Å². The molecule has 1 atom stereocenters. The van der Waals surface area contributed by atoms with Gasteiger partial charge in [-0.1, -0.05) is 24.6 Å². The third-order valence-electron chi connectivity index (χ3n) is 2.47. The molecule has 2 aromatic rings. The molecule has 0 amide bonds. The Morgan fingerprint density at radius 1 is 1.62 bits per heavy atom. The molecule has 0 fully saturated rings. The highest BCUT2D eigenvalue weighted by Crippen LogP contribution is 2.27. The zero-order valence-corrected chi connectivity index (χ0v) is 9.48. The van der Waals surface area contributed by atoms with Gasteiger partial charge in [0.25, 0.3) is 0 Å². The number of imidazole rings is 1. The zero-order chi connectivity index (χ0) is 11.7. The SMILES string of the molecule is CC(CC(=O)O)c1c(Cl)nc2ccccn12. The number of hydrogen-bond donors (Lipinski definition) is 1. The Hall–Kier alpha value is -1.55. The van der Waals surface area contributed by atoms with Gasteiger partial charge in [-0.15, -0.1) is 0 Å². The topological polar surface area (TPSA) is 54.6 Å². The molecule has 0 aliphatic carbocycles. The molecule has 2 heterocycles. The second-order valence-electron chi connectivity index (χ2n) is 3.72. The molecule has 2 rings (SSSR count). The molecule has 0 spiro atoms. The Morgan fingerprint density at radius 3 is 3.06 bits per heavy atom. The Labute approximate surface area is 97.5 Å². The fraction of sp³-hybridized carbons (Fsp3) is 0.273. The summed E-state index contributed by atoms with van der Waals surface area (Å²) in [7, 11) is 0. The van der Waals surface area contributed by atoms with E-state index in [4.69, 9.17) is 16.7 Å². The highest BCUT2D eigenvalue weighted by molar-refractivity contribution is 6.30. The molecule has 16 heavy (non-hydrogen) atoms. The molecule has 1 N–H and O–H groups in total. The second kappa shape index (κ2) is 4.14. The molecule has 1 unspecified atom stereocenters. The molecule has 0 saturated heterocycles. The molecular weight excluding hydrogens is 228 g/mol. The number of halogens is 1. The van der Waals surface area contributed by atoms with Gasteiger partial charge in [0.2, 0.25) is 0 Å². The average Bonchev–Trinajstić information content (AvgIpc) is 2.52. The van der Waals surface area contributed by atoms with Crippen LogP contribution in [-0.4, -0.2) is 20.5 Å². The number of aliphatic carboxylic acids is 1. The van der Waals surface area contributed by atoms with E-state index in [2.05, 4.69) is 4.98 Å². The second-order valence-corrected chi connectivity index (χ2v) is 4.07. The smallest absolute Gasteiger partial charge is 0.304 e. The lowest BCUT2D eigenvalue weighted by atomic mass is 10.1. The van der Waals surface area contributed by atoms with Crippen molar-refractivity contribution in [3.05, 3.63) is 35.2 Å². The summed E-state index contributed by atoms with van der Waals surface area (Å²) in [6.45, 7) is 1.83. The van der Waals surface area contributed by atoms with Crippen LogP contribution in [0.15, 0.2) is 24.4 Å². The van der Waals surface area contributed by atoms with Crippen molar-refractivity contribution < 1.29 is 9.90 Å². The largest absolute Gasteiger partial charge is 0.481 e. The Balaban J connectivity index is 2.50. The number of rotatable bonds is 3. The standard InChI is InChI=1S/C11H11ClN2O2/c1-7(6-9(15)16)10-11(12)13-8-4-2-3-5-14(8)10/h2-5,7H,6H2,1H3,(H,15,16). The van der Waals surface area contributed by atoms with Crippen molar-refractivity contribution in [2.24, 2.45) is 0 Å². The first-order chi connectivity index (χ1) is 7.59. The monoisotopic (exact) mass is 238 g/mol. The predicted octanol–water partition coefficient (Wildman–Crippen LogP) is 2.57. The highest BCUT2D eigenvalue weighted by Gasteiger charge is 2.18. The molecular formula is C11H11ClN2O2. The van der Waals surface area contributed by atoms with Crippen molar-refractivity contribution in [2.75, 3.05) is 0 Å². The van der Waals surface area contributed by atoms with Crippen LogP contribution >= 0.6 is 11.6 Å². The third kappa shape index (κ3) is 1.88. The van der Waals surface area contributed by atoms with Crippen LogP contribution < -0.4 is 0 Å². The molecule has 4 nitrogen and oxygen atoms in total. The van der Waals surface area contributed by atoms with E-state index in [1.165, 1.54) is 0 Å². The summed E-state index contributed by atoms with van der Waals surface area (Å²) in [6.07, 6.45) is 1.88. The van der Waals surface area contributed by atoms with Crippen molar-refractivity contribution in [2.45, 2.75) is 19.3 Å². The van der Waals surface area contributed by atoms with Crippen LogP contribution in [0.4, 0.5) is 0 Å². The predicted molar refractivity (Wildman–Crippen MR) is 60.9 cm³/mol. The lowest BCUT2D eigenvalue weighted by molar-refractivity contribution is -0.137. The van der Waals surface area contributed by atoms with Crippen LogP contribution in [0.5, 0.6) is 0 Å². The van der Waals surface area contributed by atoms with Crippen LogP contribution in [0.3, 0.4) is 0 Å². The first-order valence-corrected chi connectivity index (χ1v) is 5.31. The summed E-state index contributed by atoms with van der Waals surface area (Å²) in [5.74, 6) is -1.00. The zero-order valence-electron chi connectivity index (χ0n) is 8.72. The summed E-state index contributed by atoms with van der Waals surface area (Å²) in [5.41, 5.74) is 1.49. The Morgan fingerprint density at radius 2 is 2.38 bits per heavy atom. The van der Waals surface area contributed by atoms with E-state index in [-0.39, 0.29) is 12.3 Å². The minimum Gasteiger partial charge on any atom is -0.481 e. The van der Waals surface area contributed by atoms with Crippen molar-refractivity contribution in [1.82, 2.24) is 9.38 Å². The molecule has 5 heteroatoms. The molecule has 0 saturated carbocycles. The normalized spacial score (nSPS) is 12.9. The molecule has 84 valence electrons. The molecule has 0 bridgehead atoms. The van der Waals surface area contributed by atoms with Gasteiger partial charge in [-0.05, 0) is 12.1 Å². The lowest BCUT2D eigenvalue weighted by Crippen LogP contribution is -2.05. The van der Waals surface area contributed by atoms with Crippen molar-refractivity contribution >= 4 is 23.2 Å². The van der Waals surface area contributed by atoms with Gasteiger partial charge in [-0.3, -0.25) is 4.79 Å². The number of nitrogens with zero attached hydrogens (tertiary/aromatic N) is 2. The van der Waals surface area contributed by atoms with Gasteiger partial charge in [0.05, 0.1) is 12.1 Å². The average molecular weight is 239 g/mol. The number of pyridine rings is 1. The number of aromatic nitrogens is 2. The molecule has 0 radical (unpaired) electrons. The molecule has 2 aromatic heterocycles. The summed E-state index contributed by atoms with van der Waals surface area (Å²) >= 11 is 6.02. The maximum Gasteiger partial charge on any atom is 0.304 e. The minimum atomic E-state index is -0.838. The lowest BCUT2D eigenvalue weighted by Gasteiger charge is -2.08. The fourth-order valence-electron chi connectivity index (χ4n) is 1.79. The van der Waals surface area contributed by atoms with Gasteiger partial charge < -0.3 is 9.51 Å². The van der Waals surface area contributed by atoms with Gasteiger partial charge in [0.15, 0.2) is 5.15 Å². The quantitative estimate of drug-likeness (QED) is 0.894. The van der Waals surface area contributed by atoms with Gasteiger partial charge in [0.1, 0.15) is 5.65 Å². The van der Waals surface area contributed by atoms with Gasteiger partial charge in [-0.25, -0.2) is 4.98 Å². The number of fused-ring (bicyclic) bond motifs is 1. The third-order valence-corrected chi connectivity index (χ3v) is 2.75. The van der Waals surface area contributed by atoms with E-state index in [0.717, 1.165) is 11.3 Å². The van der Waals surface area contributed by atoms with E-state index in [9.17, 15) is 4.79 Å². The molecule has 0 aliphatic heterocycles. The minimum absolute atomic E-state index is 0.0441. The van der Waals surface area contributed by atoms with E-state index in [1.807, 2.05) is 35.7 Å². The molecule has 0 aromatic carbocycles. The number of hydrogen-bond acceptors (Lipinski definition) is 2. The van der Waals surface area contributed by atoms with E-state index in [0.29, 0.717) is 5.15 Å². The first kappa shape index (κ1) is 11.0. The van der Waals surface area contributed by atoms with Crippen LogP contribution in [0, 0.1) is 0 Å².